The summed E-state index contributed by atoms with van der Waals surface area (Å²) in [7, 11) is 0. The quantitative estimate of drug-likeness (QED) is 0.631. The van der Waals surface area contributed by atoms with E-state index in [4.69, 9.17) is 5.11 Å². The number of carboxylic acids is 1. The van der Waals surface area contributed by atoms with E-state index in [1.54, 1.807) is 0 Å². The first-order valence-corrected chi connectivity index (χ1v) is 7.52. The zero-order valence-electron chi connectivity index (χ0n) is 13.3. The monoisotopic (exact) mass is 325 g/mol. The van der Waals surface area contributed by atoms with Crippen molar-refractivity contribution in [1.82, 2.24) is 4.90 Å². The highest BCUT2D eigenvalue weighted by Gasteiger charge is 2.22. The van der Waals surface area contributed by atoms with Gasteiger partial charge in [-0.15, -0.1) is 0 Å². The molecule has 0 aliphatic heterocycles. The first-order valence-electron chi connectivity index (χ1n) is 7.52. The standard InChI is InChI=1S/C19H19NO4/c1-14(16-10-6-3-7-11-16)20(13-15-8-4-2-5-9-15)18(22)12-17(21)19(23)24/h2-12,14,21H,13H2,1H3,(H,23,24)/b17-12-/t14-/m1/s1. The molecular weight excluding hydrogens is 306 g/mol. The van der Waals surface area contributed by atoms with Gasteiger partial charge in [0, 0.05) is 6.54 Å². The third-order valence-electron chi connectivity index (χ3n) is 3.71. The van der Waals surface area contributed by atoms with E-state index in [-0.39, 0.29) is 6.04 Å². The van der Waals surface area contributed by atoms with Crippen LogP contribution in [0.5, 0.6) is 0 Å². The largest absolute Gasteiger partial charge is 0.502 e. The minimum Gasteiger partial charge on any atom is -0.502 e. The lowest BCUT2D eigenvalue weighted by Crippen LogP contribution is -2.32. The van der Waals surface area contributed by atoms with Gasteiger partial charge in [0.2, 0.25) is 5.76 Å². The Labute approximate surface area is 140 Å². The molecule has 5 nitrogen and oxygen atoms in total. The molecule has 0 spiro atoms. The van der Waals surface area contributed by atoms with E-state index in [2.05, 4.69) is 0 Å². The lowest BCUT2D eigenvalue weighted by molar-refractivity contribution is -0.136. The number of amides is 1. The van der Waals surface area contributed by atoms with Crippen LogP contribution < -0.4 is 0 Å². The van der Waals surface area contributed by atoms with Crippen LogP contribution in [0.25, 0.3) is 0 Å². The molecule has 0 bridgehead atoms. The first-order chi connectivity index (χ1) is 11.5. The lowest BCUT2D eigenvalue weighted by atomic mass is 10.1. The fourth-order valence-electron chi connectivity index (χ4n) is 2.36. The van der Waals surface area contributed by atoms with Crippen LogP contribution in [0.2, 0.25) is 0 Å². The smallest absolute Gasteiger partial charge is 0.371 e. The van der Waals surface area contributed by atoms with Crippen LogP contribution in [-0.2, 0) is 16.1 Å². The Morgan fingerprint density at radius 2 is 1.54 bits per heavy atom. The fraction of sp³-hybridized carbons (Fsp3) is 0.158. The third kappa shape index (κ3) is 4.46. The van der Waals surface area contributed by atoms with Crippen LogP contribution in [-0.4, -0.2) is 27.0 Å². The SMILES string of the molecule is C[C@H](c1ccccc1)N(Cc1ccccc1)C(=O)/C=C(\O)C(=O)O. The van der Waals surface area contributed by atoms with Gasteiger partial charge in [-0.2, -0.15) is 0 Å². The molecule has 1 atom stereocenters. The summed E-state index contributed by atoms with van der Waals surface area (Å²) in [4.78, 5) is 24.8. The number of aliphatic hydroxyl groups is 1. The van der Waals surface area contributed by atoms with Crippen LogP contribution in [0.15, 0.2) is 72.5 Å². The number of hydrogen-bond acceptors (Lipinski definition) is 3. The second-order valence-corrected chi connectivity index (χ2v) is 5.37. The molecule has 124 valence electrons. The molecule has 0 radical (unpaired) electrons. The van der Waals surface area contributed by atoms with Gasteiger partial charge in [0.05, 0.1) is 12.1 Å². The highest BCUT2D eigenvalue weighted by Crippen LogP contribution is 2.23. The van der Waals surface area contributed by atoms with Crippen molar-refractivity contribution in [3.05, 3.63) is 83.6 Å². The Morgan fingerprint density at radius 1 is 1.00 bits per heavy atom. The maximum absolute atomic E-state index is 12.5. The molecule has 2 aromatic rings. The molecule has 24 heavy (non-hydrogen) atoms. The highest BCUT2D eigenvalue weighted by molar-refractivity contribution is 5.96. The number of aliphatic carboxylic acids is 1. The van der Waals surface area contributed by atoms with Crippen molar-refractivity contribution in [2.45, 2.75) is 19.5 Å². The van der Waals surface area contributed by atoms with E-state index in [0.717, 1.165) is 17.2 Å². The van der Waals surface area contributed by atoms with E-state index < -0.39 is 17.6 Å². The summed E-state index contributed by atoms with van der Waals surface area (Å²) in [5.74, 6) is -3.07. The van der Waals surface area contributed by atoms with Gasteiger partial charge in [-0.1, -0.05) is 60.7 Å². The van der Waals surface area contributed by atoms with E-state index in [1.807, 2.05) is 67.6 Å². The zero-order valence-corrected chi connectivity index (χ0v) is 13.3. The molecule has 0 fully saturated rings. The van der Waals surface area contributed by atoms with E-state index in [1.165, 1.54) is 4.90 Å². The Balaban J connectivity index is 2.32. The average Bonchev–Trinajstić information content (AvgIpc) is 2.60. The number of carbonyl (C=O) groups excluding carboxylic acids is 1. The highest BCUT2D eigenvalue weighted by atomic mass is 16.4. The van der Waals surface area contributed by atoms with Gasteiger partial charge in [-0.25, -0.2) is 4.79 Å². The van der Waals surface area contributed by atoms with Crippen LogP contribution in [0.3, 0.4) is 0 Å². The number of benzene rings is 2. The lowest BCUT2D eigenvalue weighted by Gasteiger charge is -2.29. The molecule has 0 unspecified atom stereocenters. The molecule has 0 heterocycles. The van der Waals surface area contributed by atoms with Crippen molar-refractivity contribution in [1.29, 1.82) is 0 Å². The summed E-state index contributed by atoms with van der Waals surface area (Å²) in [6.07, 6.45) is 0.741. The van der Waals surface area contributed by atoms with Gasteiger partial charge in [-0.3, -0.25) is 4.79 Å². The van der Waals surface area contributed by atoms with Gasteiger partial charge in [0.15, 0.2) is 0 Å². The Hall–Kier alpha value is -3.08. The molecule has 1 amide bonds. The first kappa shape index (κ1) is 17.3. The second kappa shape index (κ2) is 7.97. The van der Waals surface area contributed by atoms with Gasteiger partial charge < -0.3 is 15.1 Å². The zero-order chi connectivity index (χ0) is 17.5. The fourth-order valence-corrected chi connectivity index (χ4v) is 2.36. The number of nitrogens with zero attached hydrogens (tertiary/aromatic N) is 1. The van der Waals surface area contributed by atoms with Gasteiger partial charge in [0.1, 0.15) is 0 Å². The molecule has 2 aromatic carbocycles. The Morgan fingerprint density at radius 3 is 2.08 bits per heavy atom. The molecule has 0 saturated carbocycles. The molecule has 5 heteroatoms. The number of carbonyl (C=O) groups is 2. The predicted octanol–water partition coefficient (Wildman–Crippen LogP) is 3.30. The van der Waals surface area contributed by atoms with Crippen LogP contribution in [0.1, 0.15) is 24.1 Å². The molecule has 0 saturated heterocycles. The van der Waals surface area contributed by atoms with E-state index >= 15 is 0 Å². The van der Waals surface area contributed by atoms with E-state index in [0.29, 0.717) is 6.54 Å². The number of hydrogen-bond donors (Lipinski definition) is 2. The molecular formula is C19H19NO4. The third-order valence-corrected chi connectivity index (χ3v) is 3.71. The maximum Gasteiger partial charge on any atom is 0.371 e. The summed E-state index contributed by atoms with van der Waals surface area (Å²) in [5.41, 5.74) is 1.84. The Kier molecular flexibility index (Phi) is 5.73. The maximum atomic E-state index is 12.5. The average molecular weight is 325 g/mol. The van der Waals surface area contributed by atoms with E-state index in [9.17, 15) is 14.7 Å². The molecule has 0 aliphatic rings. The Bertz CT molecular complexity index is 726. The van der Waals surface area contributed by atoms with Crippen molar-refractivity contribution < 1.29 is 19.8 Å². The minimum atomic E-state index is -1.53. The normalized spacial score (nSPS) is 12.5. The van der Waals surface area contributed by atoms with Crippen molar-refractivity contribution in [3.63, 3.8) is 0 Å². The van der Waals surface area contributed by atoms with Gasteiger partial charge >= 0.3 is 5.97 Å². The summed E-state index contributed by atoms with van der Waals surface area (Å²) in [6.45, 7) is 2.17. The van der Waals surface area contributed by atoms with Gasteiger partial charge in [0.25, 0.3) is 5.91 Å². The summed E-state index contributed by atoms with van der Waals surface area (Å²) in [5, 5.41) is 18.1. The molecule has 2 rings (SSSR count). The summed E-state index contributed by atoms with van der Waals surface area (Å²) >= 11 is 0. The summed E-state index contributed by atoms with van der Waals surface area (Å²) < 4.78 is 0. The van der Waals surface area contributed by atoms with Crippen molar-refractivity contribution in [3.8, 4) is 0 Å². The topological polar surface area (TPSA) is 77.8 Å². The second-order valence-electron chi connectivity index (χ2n) is 5.37. The van der Waals surface area contributed by atoms with Crippen LogP contribution in [0.4, 0.5) is 0 Å². The van der Waals surface area contributed by atoms with Gasteiger partial charge in [-0.05, 0) is 18.1 Å². The number of rotatable bonds is 6. The number of carboxylic acid groups (broad SMARTS) is 1. The predicted molar refractivity (Wildman–Crippen MR) is 90.2 cm³/mol. The molecule has 2 N–H and O–H groups in total. The van der Waals surface area contributed by atoms with Crippen molar-refractivity contribution in [2.24, 2.45) is 0 Å². The van der Waals surface area contributed by atoms with Crippen LogP contribution in [0, 0.1) is 0 Å². The molecule has 0 aromatic heterocycles. The number of aliphatic hydroxyl groups excluding tert-OH is 1. The van der Waals surface area contributed by atoms with Crippen molar-refractivity contribution >= 4 is 11.9 Å². The summed E-state index contributed by atoms with van der Waals surface area (Å²) in [6, 6.07) is 18.6. The minimum absolute atomic E-state index is 0.281. The van der Waals surface area contributed by atoms with Crippen molar-refractivity contribution in [2.75, 3.05) is 0 Å². The molecule has 0 aliphatic carbocycles. The van der Waals surface area contributed by atoms with Crippen LogP contribution >= 0.6 is 0 Å².